The van der Waals surface area contributed by atoms with Crippen LogP contribution in [0.5, 0.6) is 0 Å². The molecule has 2 atom stereocenters. The summed E-state index contributed by atoms with van der Waals surface area (Å²) in [6, 6.07) is 36.2. The van der Waals surface area contributed by atoms with Gasteiger partial charge < -0.3 is 0 Å². The monoisotopic (exact) mass is 452 g/mol. The van der Waals surface area contributed by atoms with Crippen molar-refractivity contribution < 1.29 is 0 Å². The predicted molar refractivity (Wildman–Crippen MR) is 147 cm³/mol. The van der Waals surface area contributed by atoms with Crippen molar-refractivity contribution in [3.8, 4) is 33.4 Å². The van der Waals surface area contributed by atoms with E-state index in [0.29, 0.717) is 5.92 Å². The molecular formula is C33H28Si. The molecule has 0 aromatic heterocycles. The molecule has 0 radical (unpaired) electrons. The first-order valence-corrected chi connectivity index (χ1v) is 14.2. The molecule has 1 heterocycles. The van der Waals surface area contributed by atoms with Gasteiger partial charge in [0.15, 0.2) is 0 Å². The van der Waals surface area contributed by atoms with Crippen LogP contribution in [0, 0.1) is 0 Å². The molecule has 1 aliphatic heterocycles. The van der Waals surface area contributed by atoms with Crippen molar-refractivity contribution in [1.29, 1.82) is 0 Å². The fourth-order valence-corrected chi connectivity index (χ4v) is 9.00. The van der Waals surface area contributed by atoms with Crippen LogP contribution in [-0.4, -0.2) is 9.52 Å². The summed E-state index contributed by atoms with van der Waals surface area (Å²) in [4.78, 5) is 0. The smallest absolute Gasteiger partial charge is 0.0327 e. The first-order valence-electron chi connectivity index (χ1n) is 12.6. The average Bonchev–Trinajstić information content (AvgIpc) is 3.51. The molecule has 4 aromatic carbocycles. The number of rotatable bonds is 4. The highest BCUT2D eigenvalue weighted by atomic mass is 28.2. The van der Waals surface area contributed by atoms with Crippen LogP contribution in [0.3, 0.4) is 0 Å². The molecule has 2 unspecified atom stereocenters. The highest BCUT2D eigenvalue weighted by Crippen LogP contribution is 2.58. The SMILES string of the molecule is C1=CCC(C2CC(C3c4cc(-c5ccccc5)ccc4-c4ccc(-c5ccccc5)cc43)[SiH2]2)=C1. The van der Waals surface area contributed by atoms with Crippen LogP contribution >= 0.6 is 0 Å². The molecular weight excluding hydrogens is 424 g/mol. The normalized spacial score (nSPS) is 21.2. The Bertz CT molecular complexity index is 1330. The Morgan fingerprint density at radius 1 is 0.618 bits per heavy atom. The van der Waals surface area contributed by atoms with E-state index in [1.807, 2.05) is 0 Å². The minimum atomic E-state index is -0.163. The largest absolute Gasteiger partial charge is 0.0805 e. The number of hydrogen-bond acceptors (Lipinski definition) is 0. The van der Waals surface area contributed by atoms with Crippen molar-refractivity contribution in [2.45, 2.75) is 29.8 Å². The van der Waals surface area contributed by atoms with Crippen molar-refractivity contribution in [3.05, 3.63) is 132 Å². The molecule has 3 aliphatic rings. The minimum Gasteiger partial charge on any atom is -0.0805 e. The summed E-state index contributed by atoms with van der Waals surface area (Å²) in [6.45, 7) is 0. The van der Waals surface area contributed by atoms with Gasteiger partial charge in [0.1, 0.15) is 0 Å². The first-order chi connectivity index (χ1) is 16.8. The highest BCUT2D eigenvalue weighted by molar-refractivity contribution is 6.45. The quantitative estimate of drug-likeness (QED) is 0.274. The van der Waals surface area contributed by atoms with Crippen LogP contribution in [0.25, 0.3) is 33.4 Å². The zero-order valence-electron chi connectivity index (χ0n) is 19.3. The van der Waals surface area contributed by atoms with Crippen LogP contribution in [0.4, 0.5) is 0 Å². The van der Waals surface area contributed by atoms with Crippen LogP contribution in [0.15, 0.2) is 121 Å². The molecule has 0 nitrogen and oxygen atoms in total. The van der Waals surface area contributed by atoms with E-state index >= 15 is 0 Å². The molecule has 0 bridgehead atoms. The molecule has 34 heavy (non-hydrogen) atoms. The molecule has 4 aromatic rings. The Hall–Kier alpha value is -3.42. The summed E-state index contributed by atoms with van der Waals surface area (Å²) in [6.07, 6.45) is 9.55. The van der Waals surface area contributed by atoms with Gasteiger partial charge in [0.2, 0.25) is 0 Å². The van der Waals surface area contributed by atoms with E-state index in [9.17, 15) is 0 Å². The lowest BCUT2D eigenvalue weighted by Crippen LogP contribution is -2.30. The molecule has 1 saturated heterocycles. The van der Waals surface area contributed by atoms with Gasteiger partial charge >= 0.3 is 0 Å². The van der Waals surface area contributed by atoms with Crippen molar-refractivity contribution >= 4 is 9.52 Å². The summed E-state index contributed by atoms with van der Waals surface area (Å²) >= 11 is 0. The topological polar surface area (TPSA) is 0 Å². The van der Waals surface area contributed by atoms with E-state index in [2.05, 4.69) is 115 Å². The predicted octanol–water partition coefficient (Wildman–Crippen LogP) is 8.17. The summed E-state index contributed by atoms with van der Waals surface area (Å²) in [7, 11) is -0.163. The summed E-state index contributed by atoms with van der Waals surface area (Å²) in [5.74, 6) is 0.551. The second-order valence-corrected chi connectivity index (χ2v) is 12.6. The number of benzene rings is 4. The lowest BCUT2D eigenvalue weighted by molar-refractivity contribution is 0.587. The van der Waals surface area contributed by atoms with Crippen LogP contribution in [-0.2, 0) is 0 Å². The van der Waals surface area contributed by atoms with Gasteiger partial charge in [-0.15, -0.1) is 0 Å². The molecule has 2 aliphatic carbocycles. The molecule has 1 heteroatoms. The van der Waals surface area contributed by atoms with Crippen molar-refractivity contribution in [1.82, 2.24) is 0 Å². The zero-order valence-corrected chi connectivity index (χ0v) is 20.7. The lowest BCUT2D eigenvalue weighted by Gasteiger charge is -2.40. The van der Waals surface area contributed by atoms with Crippen molar-refractivity contribution in [2.24, 2.45) is 0 Å². The first kappa shape index (κ1) is 20.0. The Balaban J connectivity index is 1.31. The van der Waals surface area contributed by atoms with Gasteiger partial charge in [0, 0.05) is 15.4 Å². The Morgan fingerprint density at radius 2 is 1.18 bits per heavy atom. The fraction of sp³-hybridized carbons (Fsp3) is 0.152. The van der Waals surface area contributed by atoms with Gasteiger partial charge in [-0.05, 0) is 80.6 Å². The van der Waals surface area contributed by atoms with Gasteiger partial charge in [-0.25, -0.2) is 0 Å². The van der Waals surface area contributed by atoms with Gasteiger partial charge in [0.05, 0.1) is 0 Å². The van der Waals surface area contributed by atoms with Crippen molar-refractivity contribution in [3.63, 3.8) is 0 Å². The van der Waals surface area contributed by atoms with E-state index in [4.69, 9.17) is 0 Å². The third kappa shape index (κ3) is 3.27. The van der Waals surface area contributed by atoms with E-state index in [-0.39, 0.29) is 9.52 Å². The van der Waals surface area contributed by atoms with E-state index in [0.717, 1.165) is 11.1 Å². The summed E-state index contributed by atoms with van der Waals surface area (Å²) in [5.41, 5.74) is 14.8. The van der Waals surface area contributed by atoms with Crippen LogP contribution in [0.1, 0.15) is 29.9 Å². The molecule has 7 rings (SSSR count). The van der Waals surface area contributed by atoms with Gasteiger partial charge in [0.25, 0.3) is 0 Å². The number of hydrogen-bond donors (Lipinski definition) is 0. The van der Waals surface area contributed by atoms with E-state index in [1.54, 1.807) is 16.7 Å². The zero-order chi connectivity index (χ0) is 22.5. The standard InChI is InChI=1S/C33H28Si/c1-3-9-22(10-4-1)25-15-17-27-28-18-16-26(23-11-5-2-6-12-23)20-30(28)33(29(27)19-25)32-21-31(34-32)24-13-7-8-14-24/h1-13,15-20,31-33H,14,21,34H2. The van der Waals surface area contributed by atoms with Crippen molar-refractivity contribution in [2.75, 3.05) is 0 Å². The maximum atomic E-state index is 2.51. The minimum absolute atomic E-state index is 0.163. The second kappa shape index (κ2) is 8.11. The Kier molecular flexibility index (Phi) is 4.77. The van der Waals surface area contributed by atoms with Crippen LogP contribution < -0.4 is 0 Å². The van der Waals surface area contributed by atoms with Crippen LogP contribution in [0.2, 0.25) is 11.1 Å². The molecule has 0 spiro atoms. The fourth-order valence-electron chi connectivity index (χ4n) is 6.43. The molecule has 0 saturated carbocycles. The van der Waals surface area contributed by atoms with Gasteiger partial charge in [-0.2, -0.15) is 0 Å². The maximum Gasteiger partial charge on any atom is 0.0327 e. The molecule has 1 fully saturated rings. The second-order valence-electron chi connectivity index (χ2n) is 10.1. The third-order valence-corrected chi connectivity index (χ3v) is 11.1. The molecule has 0 N–H and O–H groups in total. The van der Waals surface area contributed by atoms with Gasteiger partial charge in [-0.3, -0.25) is 0 Å². The summed E-state index contributed by atoms with van der Waals surface area (Å²) < 4.78 is 0. The molecule has 164 valence electrons. The average molecular weight is 453 g/mol. The highest BCUT2D eigenvalue weighted by Gasteiger charge is 2.42. The van der Waals surface area contributed by atoms with E-state index < -0.39 is 0 Å². The Labute approximate surface area is 204 Å². The number of allylic oxidation sites excluding steroid dienone is 4. The maximum absolute atomic E-state index is 2.51. The number of fused-ring (bicyclic) bond motifs is 3. The third-order valence-electron chi connectivity index (χ3n) is 8.25. The summed E-state index contributed by atoms with van der Waals surface area (Å²) in [5, 5.41) is 0. The lowest BCUT2D eigenvalue weighted by atomic mass is 9.86. The van der Waals surface area contributed by atoms with Gasteiger partial charge in [-0.1, -0.05) is 109 Å². The Morgan fingerprint density at radius 3 is 1.68 bits per heavy atom. The molecule has 0 amide bonds. The van der Waals surface area contributed by atoms with E-state index in [1.165, 1.54) is 46.2 Å².